The topological polar surface area (TPSA) is 37.0 Å². The number of aryl methyl sites for hydroxylation is 2. The monoisotopic (exact) mass is 267 g/mol. The summed E-state index contributed by atoms with van der Waals surface area (Å²) in [4.78, 5) is 5.89. The van der Waals surface area contributed by atoms with Crippen LogP contribution >= 0.6 is 11.3 Å². The summed E-state index contributed by atoms with van der Waals surface area (Å²) in [7, 11) is 0. The fraction of sp³-hybridized carbons (Fsp3) is 0.786. The summed E-state index contributed by atoms with van der Waals surface area (Å²) in [6, 6.07) is 1.03. The molecule has 3 unspecified atom stereocenters. The SMILES string of the molecule is Cc1nc(C)c(C(C)NCC2NCCCC2C)s1. The molecule has 3 nitrogen and oxygen atoms in total. The van der Waals surface area contributed by atoms with E-state index < -0.39 is 0 Å². The Kier molecular flexibility index (Phi) is 4.76. The fourth-order valence-electron chi connectivity index (χ4n) is 2.73. The second-order valence-electron chi connectivity index (χ2n) is 5.49. The van der Waals surface area contributed by atoms with Crippen LogP contribution in [0.15, 0.2) is 0 Å². The molecule has 1 aliphatic heterocycles. The van der Waals surface area contributed by atoms with Crippen molar-refractivity contribution in [3.63, 3.8) is 0 Å². The standard InChI is InChI=1S/C14H25N3S/c1-9-6-5-7-15-13(9)8-16-10(2)14-11(3)17-12(4)18-14/h9-10,13,15-16H,5-8H2,1-4H3. The van der Waals surface area contributed by atoms with Crippen LogP contribution in [0, 0.1) is 19.8 Å². The number of nitrogens with zero attached hydrogens (tertiary/aromatic N) is 1. The molecule has 0 spiro atoms. The molecule has 1 aliphatic rings. The molecule has 0 radical (unpaired) electrons. The van der Waals surface area contributed by atoms with Gasteiger partial charge in [0.25, 0.3) is 0 Å². The van der Waals surface area contributed by atoms with Crippen molar-refractivity contribution in [3.8, 4) is 0 Å². The molecule has 0 aromatic carbocycles. The molecule has 2 N–H and O–H groups in total. The Labute approximate surface area is 114 Å². The Morgan fingerprint density at radius 1 is 1.50 bits per heavy atom. The minimum Gasteiger partial charge on any atom is -0.312 e. The average molecular weight is 267 g/mol. The minimum absolute atomic E-state index is 0.409. The van der Waals surface area contributed by atoms with E-state index in [-0.39, 0.29) is 0 Å². The normalized spacial score (nSPS) is 26.2. The van der Waals surface area contributed by atoms with Crippen LogP contribution in [0.2, 0.25) is 0 Å². The molecule has 1 aromatic heterocycles. The van der Waals surface area contributed by atoms with E-state index in [1.807, 2.05) is 11.3 Å². The second kappa shape index (κ2) is 6.13. The first kappa shape index (κ1) is 14.0. The number of hydrogen-bond donors (Lipinski definition) is 2. The highest BCUT2D eigenvalue weighted by molar-refractivity contribution is 7.11. The lowest BCUT2D eigenvalue weighted by Crippen LogP contribution is -2.47. The van der Waals surface area contributed by atoms with Gasteiger partial charge in [-0.2, -0.15) is 0 Å². The Bertz CT molecular complexity index is 388. The lowest BCUT2D eigenvalue weighted by molar-refractivity contribution is 0.285. The summed E-state index contributed by atoms with van der Waals surface area (Å²) in [5, 5.41) is 8.45. The number of thiazole rings is 1. The maximum absolute atomic E-state index is 4.50. The van der Waals surface area contributed by atoms with Crippen molar-refractivity contribution in [1.29, 1.82) is 0 Å². The molecule has 2 rings (SSSR count). The Morgan fingerprint density at radius 3 is 2.89 bits per heavy atom. The molecule has 3 atom stereocenters. The first-order valence-corrected chi connectivity index (χ1v) is 7.80. The molecule has 0 bridgehead atoms. The third-order valence-corrected chi connectivity index (χ3v) is 5.16. The van der Waals surface area contributed by atoms with Crippen molar-refractivity contribution in [2.24, 2.45) is 5.92 Å². The van der Waals surface area contributed by atoms with Crippen LogP contribution in [0.1, 0.15) is 48.3 Å². The highest BCUT2D eigenvalue weighted by Gasteiger charge is 2.21. The molecule has 0 aliphatic carbocycles. The van der Waals surface area contributed by atoms with Crippen LogP contribution in [-0.4, -0.2) is 24.1 Å². The predicted molar refractivity (Wildman–Crippen MR) is 78.2 cm³/mol. The van der Waals surface area contributed by atoms with E-state index in [2.05, 4.69) is 43.3 Å². The van der Waals surface area contributed by atoms with Crippen molar-refractivity contribution in [2.45, 2.75) is 52.6 Å². The predicted octanol–water partition coefficient (Wildman–Crippen LogP) is 2.80. The Balaban J connectivity index is 1.87. The summed E-state index contributed by atoms with van der Waals surface area (Å²) < 4.78 is 0. The third-order valence-electron chi connectivity index (χ3n) is 3.91. The van der Waals surface area contributed by atoms with Crippen LogP contribution in [0.4, 0.5) is 0 Å². The van der Waals surface area contributed by atoms with Gasteiger partial charge in [0.15, 0.2) is 0 Å². The van der Waals surface area contributed by atoms with Gasteiger partial charge in [-0.3, -0.25) is 0 Å². The molecular weight excluding hydrogens is 242 g/mol. The Morgan fingerprint density at radius 2 is 2.28 bits per heavy atom. The minimum atomic E-state index is 0.409. The third kappa shape index (κ3) is 3.31. The maximum atomic E-state index is 4.50. The molecule has 1 fully saturated rings. The van der Waals surface area contributed by atoms with Gasteiger partial charge in [-0.25, -0.2) is 4.98 Å². The maximum Gasteiger partial charge on any atom is 0.0900 e. The van der Waals surface area contributed by atoms with Gasteiger partial charge >= 0.3 is 0 Å². The van der Waals surface area contributed by atoms with E-state index in [4.69, 9.17) is 0 Å². The molecule has 4 heteroatoms. The molecule has 0 saturated carbocycles. The molecule has 1 aromatic rings. The van der Waals surface area contributed by atoms with Gasteiger partial charge in [0.1, 0.15) is 0 Å². The summed E-state index contributed by atoms with van der Waals surface area (Å²) in [6.07, 6.45) is 2.67. The van der Waals surface area contributed by atoms with Crippen molar-refractivity contribution < 1.29 is 0 Å². The zero-order valence-corrected chi connectivity index (χ0v) is 12.7. The average Bonchev–Trinajstić information content (AvgIpc) is 2.67. The lowest BCUT2D eigenvalue weighted by Gasteiger charge is -2.31. The van der Waals surface area contributed by atoms with Gasteiger partial charge in [-0.1, -0.05) is 6.92 Å². The van der Waals surface area contributed by atoms with Gasteiger partial charge in [0.2, 0.25) is 0 Å². The highest BCUT2D eigenvalue weighted by Crippen LogP contribution is 2.24. The summed E-state index contributed by atoms with van der Waals surface area (Å²) in [5.41, 5.74) is 1.18. The van der Waals surface area contributed by atoms with E-state index in [0.717, 1.165) is 12.5 Å². The quantitative estimate of drug-likeness (QED) is 0.881. The molecule has 2 heterocycles. The van der Waals surface area contributed by atoms with E-state index in [9.17, 15) is 0 Å². The largest absolute Gasteiger partial charge is 0.312 e. The van der Waals surface area contributed by atoms with Gasteiger partial charge in [-0.05, 0) is 46.1 Å². The molecule has 18 heavy (non-hydrogen) atoms. The van der Waals surface area contributed by atoms with Gasteiger partial charge in [0.05, 0.1) is 10.7 Å². The number of rotatable bonds is 4. The highest BCUT2D eigenvalue weighted by atomic mass is 32.1. The van der Waals surface area contributed by atoms with E-state index in [1.54, 1.807) is 0 Å². The van der Waals surface area contributed by atoms with Crippen LogP contribution in [0.25, 0.3) is 0 Å². The van der Waals surface area contributed by atoms with E-state index >= 15 is 0 Å². The van der Waals surface area contributed by atoms with Crippen LogP contribution in [0.5, 0.6) is 0 Å². The van der Waals surface area contributed by atoms with Crippen LogP contribution < -0.4 is 10.6 Å². The molecular formula is C14H25N3S. The van der Waals surface area contributed by atoms with Crippen molar-refractivity contribution in [2.75, 3.05) is 13.1 Å². The molecule has 102 valence electrons. The van der Waals surface area contributed by atoms with Gasteiger partial charge < -0.3 is 10.6 Å². The van der Waals surface area contributed by atoms with E-state index in [1.165, 1.54) is 35.0 Å². The Hall–Kier alpha value is -0.450. The van der Waals surface area contributed by atoms with E-state index in [0.29, 0.717) is 12.1 Å². The first-order chi connectivity index (χ1) is 8.58. The molecule has 1 saturated heterocycles. The first-order valence-electron chi connectivity index (χ1n) is 6.98. The summed E-state index contributed by atoms with van der Waals surface area (Å²) in [5.74, 6) is 0.780. The second-order valence-corrected chi connectivity index (χ2v) is 6.73. The van der Waals surface area contributed by atoms with Gasteiger partial charge in [0, 0.05) is 23.5 Å². The van der Waals surface area contributed by atoms with Crippen molar-refractivity contribution in [3.05, 3.63) is 15.6 Å². The number of nitrogens with one attached hydrogen (secondary N) is 2. The van der Waals surface area contributed by atoms with Gasteiger partial charge in [-0.15, -0.1) is 11.3 Å². The zero-order valence-electron chi connectivity index (χ0n) is 11.9. The fourth-order valence-corrected chi connectivity index (χ4v) is 3.69. The van der Waals surface area contributed by atoms with Crippen molar-refractivity contribution in [1.82, 2.24) is 15.6 Å². The van der Waals surface area contributed by atoms with Crippen molar-refractivity contribution >= 4 is 11.3 Å². The van der Waals surface area contributed by atoms with Crippen LogP contribution in [-0.2, 0) is 0 Å². The number of aromatic nitrogens is 1. The van der Waals surface area contributed by atoms with Crippen LogP contribution in [0.3, 0.4) is 0 Å². The summed E-state index contributed by atoms with van der Waals surface area (Å²) in [6.45, 7) is 11.0. The number of piperidine rings is 1. The summed E-state index contributed by atoms with van der Waals surface area (Å²) >= 11 is 1.82. The number of hydrogen-bond acceptors (Lipinski definition) is 4. The zero-order chi connectivity index (χ0) is 13.1. The molecule has 0 amide bonds. The lowest BCUT2D eigenvalue weighted by atomic mass is 9.92. The smallest absolute Gasteiger partial charge is 0.0900 e.